The molecule has 144 valence electrons. The number of thioether (sulfide) groups is 1. The fourth-order valence-corrected chi connectivity index (χ4v) is 3.98. The normalized spacial score (nSPS) is 19.9. The second kappa shape index (κ2) is 8.67. The number of hydrogen-bond acceptors (Lipinski definition) is 5. The molecule has 0 radical (unpaired) electrons. The Labute approximate surface area is 162 Å². The van der Waals surface area contributed by atoms with Crippen LogP contribution in [-0.2, 0) is 16.1 Å². The van der Waals surface area contributed by atoms with Gasteiger partial charge in [0.1, 0.15) is 5.82 Å². The minimum atomic E-state index is -0.362. The molecule has 8 heteroatoms. The average Bonchev–Trinajstić information content (AvgIpc) is 3.02. The van der Waals surface area contributed by atoms with E-state index in [4.69, 9.17) is 4.74 Å². The average molecular weight is 390 g/mol. The molecule has 2 atom stereocenters. The van der Waals surface area contributed by atoms with Crippen LogP contribution in [0.25, 0.3) is 11.4 Å². The summed E-state index contributed by atoms with van der Waals surface area (Å²) in [7, 11) is 0. The van der Waals surface area contributed by atoms with E-state index in [-0.39, 0.29) is 29.7 Å². The van der Waals surface area contributed by atoms with Crippen LogP contribution in [0.5, 0.6) is 0 Å². The first-order valence-electron chi connectivity index (χ1n) is 8.84. The van der Waals surface area contributed by atoms with Crippen LogP contribution in [0.3, 0.4) is 0 Å². The Kier molecular flexibility index (Phi) is 6.28. The maximum atomic E-state index is 14.1. The molecule has 1 aliphatic rings. The lowest BCUT2D eigenvalue weighted by Crippen LogP contribution is -2.48. The van der Waals surface area contributed by atoms with Crippen LogP contribution in [0.2, 0.25) is 0 Å². The largest absolute Gasteiger partial charge is 0.372 e. The van der Waals surface area contributed by atoms with Crippen molar-refractivity contribution < 1.29 is 13.9 Å². The lowest BCUT2D eigenvalue weighted by atomic mass is 10.2. The second-order valence-corrected chi connectivity index (χ2v) is 7.47. The zero-order chi connectivity index (χ0) is 19.4. The highest BCUT2D eigenvalue weighted by atomic mass is 32.2. The topological polar surface area (TPSA) is 60.2 Å². The van der Waals surface area contributed by atoms with Crippen molar-refractivity contribution in [1.29, 1.82) is 0 Å². The van der Waals surface area contributed by atoms with Gasteiger partial charge >= 0.3 is 0 Å². The van der Waals surface area contributed by atoms with Gasteiger partial charge in [-0.05, 0) is 26.0 Å². The Bertz CT molecular complexity index is 816. The van der Waals surface area contributed by atoms with E-state index in [0.29, 0.717) is 36.2 Å². The highest BCUT2D eigenvalue weighted by molar-refractivity contribution is 7.99. The van der Waals surface area contributed by atoms with E-state index in [1.165, 1.54) is 17.8 Å². The van der Waals surface area contributed by atoms with E-state index in [2.05, 4.69) is 16.8 Å². The number of aromatic nitrogens is 3. The molecule has 1 fully saturated rings. The van der Waals surface area contributed by atoms with Crippen LogP contribution < -0.4 is 0 Å². The number of ether oxygens (including phenoxy) is 1. The number of amides is 1. The summed E-state index contributed by atoms with van der Waals surface area (Å²) in [5.41, 5.74) is 0.376. The quantitative estimate of drug-likeness (QED) is 0.561. The molecule has 1 aromatic carbocycles. The second-order valence-electron chi connectivity index (χ2n) is 6.53. The monoisotopic (exact) mass is 390 g/mol. The zero-order valence-corrected chi connectivity index (χ0v) is 16.3. The molecule has 0 bridgehead atoms. The first-order valence-corrected chi connectivity index (χ1v) is 9.83. The highest BCUT2D eigenvalue weighted by Crippen LogP contribution is 2.26. The van der Waals surface area contributed by atoms with Crippen LogP contribution in [-0.4, -0.2) is 56.6 Å². The van der Waals surface area contributed by atoms with E-state index >= 15 is 0 Å². The Morgan fingerprint density at radius 1 is 1.33 bits per heavy atom. The van der Waals surface area contributed by atoms with E-state index < -0.39 is 0 Å². The van der Waals surface area contributed by atoms with Crippen LogP contribution in [0.15, 0.2) is 42.1 Å². The predicted molar refractivity (Wildman–Crippen MR) is 103 cm³/mol. The van der Waals surface area contributed by atoms with Gasteiger partial charge in [0.25, 0.3) is 0 Å². The van der Waals surface area contributed by atoms with Crippen molar-refractivity contribution in [2.24, 2.45) is 0 Å². The van der Waals surface area contributed by atoms with Crippen molar-refractivity contribution in [2.75, 3.05) is 18.8 Å². The van der Waals surface area contributed by atoms with Gasteiger partial charge in [0.05, 0.1) is 23.5 Å². The van der Waals surface area contributed by atoms with Crippen molar-refractivity contribution in [3.63, 3.8) is 0 Å². The maximum absolute atomic E-state index is 14.1. The third-order valence-corrected chi connectivity index (χ3v) is 5.19. The van der Waals surface area contributed by atoms with Gasteiger partial charge in [0.2, 0.25) is 5.91 Å². The van der Waals surface area contributed by atoms with Crippen LogP contribution >= 0.6 is 11.8 Å². The van der Waals surface area contributed by atoms with Gasteiger partial charge in [-0.1, -0.05) is 30.0 Å². The lowest BCUT2D eigenvalue weighted by Gasteiger charge is -2.35. The molecular weight excluding hydrogens is 367 g/mol. The summed E-state index contributed by atoms with van der Waals surface area (Å²) >= 11 is 1.30. The van der Waals surface area contributed by atoms with Gasteiger partial charge in [0, 0.05) is 19.6 Å². The highest BCUT2D eigenvalue weighted by Gasteiger charge is 2.26. The molecule has 0 spiro atoms. The van der Waals surface area contributed by atoms with Crippen molar-refractivity contribution >= 4 is 17.7 Å². The number of nitrogens with zero attached hydrogens (tertiary/aromatic N) is 4. The van der Waals surface area contributed by atoms with Crippen LogP contribution in [0, 0.1) is 5.82 Å². The molecule has 3 rings (SSSR count). The van der Waals surface area contributed by atoms with Gasteiger partial charge in [-0.25, -0.2) is 4.39 Å². The number of carbonyl (C=O) groups is 1. The SMILES string of the molecule is C=CCn1c(SCC(=O)N2CC(C)OC(C)C2)nnc1-c1ccccc1F. The number of benzene rings is 1. The summed E-state index contributed by atoms with van der Waals surface area (Å²) in [5, 5.41) is 8.87. The summed E-state index contributed by atoms with van der Waals surface area (Å²) in [4.78, 5) is 14.4. The Morgan fingerprint density at radius 2 is 2.04 bits per heavy atom. The fourth-order valence-electron chi connectivity index (χ4n) is 3.13. The summed E-state index contributed by atoms with van der Waals surface area (Å²) < 4.78 is 21.6. The molecule has 2 heterocycles. The smallest absolute Gasteiger partial charge is 0.233 e. The fraction of sp³-hybridized carbons (Fsp3) is 0.421. The number of morpholine rings is 1. The molecule has 2 aromatic rings. The maximum Gasteiger partial charge on any atom is 0.233 e. The lowest BCUT2D eigenvalue weighted by molar-refractivity contribution is -0.140. The number of halogens is 1. The van der Waals surface area contributed by atoms with Crippen LogP contribution in [0.1, 0.15) is 13.8 Å². The molecule has 1 aromatic heterocycles. The summed E-state index contributed by atoms with van der Waals surface area (Å²) in [6.07, 6.45) is 1.75. The summed E-state index contributed by atoms with van der Waals surface area (Å²) in [5.74, 6) is 0.338. The molecule has 6 nitrogen and oxygen atoms in total. The van der Waals surface area contributed by atoms with Gasteiger partial charge < -0.3 is 9.64 Å². The van der Waals surface area contributed by atoms with E-state index in [1.807, 2.05) is 18.7 Å². The predicted octanol–water partition coefficient (Wildman–Crippen LogP) is 3.00. The number of rotatable bonds is 6. The molecule has 2 unspecified atom stereocenters. The molecular formula is C19H23FN4O2S. The van der Waals surface area contributed by atoms with E-state index in [9.17, 15) is 9.18 Å². The van der Waals surface area contributed by atoms with Gasteiger partial charge in [-0.3, -0.25) is 9.36 Å². The van der Waals surface area contributed by atoms with Gasteiger partial charge in [-0.15, -0.1) is 16.8 Å². The van der Waals surface area contributed by atoms with Gasteiger partial charge in [-0.2, -0.15) is 0 Å². The molecule has 27 heavy (non-hydrogen) atoms. The van der Waals surface area contributed by atoms with Crippen molar-refractivity contribution in [3.05, 3.63) is 42.7 Å². The van der Waals surface area contributed by atoms with Gasteiger partial charge in [0.15, 0.2) is 11.0 Å². The van der Waals surface area contributed by atoms with Crippen molar-refractivity contribution in [1.82, 2.24) is 19.7 Å². The van der Waals surface area contributed by atoms with E-state index in [0.717, 1.165) is 0 Å². The molecule has 0 saturated carbocycles. The summed E-state index contributed by atoms with van der Waals surface area (Å²) in [6, 6.07) is 6.43. The molecule has 0 aliphatic carbocycles. The Hall–Kier alpha value is -2.19. The third kappa shape index (κ3) is 4.56. The molecule has 0 N–H and O–H groups in total. The van der Waals surface area contributed by atoms with Crippen molar-refractivity contribution in [3.8, 4) is 11.4 Å². The van der Waals surface area contributed by atoms with E-state index in [1.54, 1.807) is 28.8 Å². The molecule has 1 amide bonds. The number of allylic oxidation sites excluding steroid dienone is 1. The van der Waals surface area contributed by atoms with Crippen molar-refractivity contribution in [2.45, 2.75) is 37.8 Å². The number of carbonyl (C=O) groups excluding carboxylic acids is 1. The Balaban J connectivity index is 1.74. The third-order valence-electron chi connectivity index (χ3n) is 4.24. The first kappa shape index (κ1) is 19.6. The van der Waals surface area contributed by atoms with Crippen LogP contribution in [0.4, 0.5) is 4.39 Å². The minimum Gasteiger partial charge on any atom is -0.372 e. The first-order chi connectivity index (χ1) is 13.0. The standard InChI is InChI=1S/C19H23FN4O2S/c1-4-9-24-18(15-7-5-6-8-16(15)20)21-22-19(24)27-12-17(25)23-10-13(2)26-14(3)11-23/h4-8,13-14H,1,9-12H2,2-3H3. The number of hydrogen-bond donors (Lipinski definition) is 0. The Morgan fingerprint density at radius 3 is 2.70 bits per heavy atom. The summed E-state index contributed by atoms with van der Waals surface area (Å²) in [6.45, 7) is 9.28. The zero-order valence-electron chi connectivity index (χ0n) is 15.5. The molecule has 1 aliphatic heterocycles. The minimum absolute atomic E-state index is 0.0276. The molecule has 1 saturated heterocycles.